The van der Waals surface area contributed by atoms with Crippen LogP contribution in [0.4, 0.5) is 13.2 Å². The van der Waals surface area contributed by atoms with Crippen molar-refractivity contribution in [2.75, 3.05) is 13.1 Å². The maximum atomic E-state index is 12.5. The van der Waals surface area contributed by atoms with Crippen LogP contribution in [0.1, 0.15) is 17.7 Å². The molecule has 16 heavy (non-hydrogen) atoms. The summed E-state index contributed by atoms with van der Waals surface area (Å²) in [7, 11) is 0. The number of aromatic nitrogens is 2. The molecule has 0 amide bonds. The van der Waals surface area contributed by atoms with Crippen molar-refractivity contribution >= 4 is 0 Å². The zero-order valence-electron chi connectivity index (χ0n) is 8.43. The van der Waals surface area contributed by atoms with E-state index >= 15 is 0 Å². The highest BCUT2D eigenvalue weighted by molar-refractivity contribution is 5.22. The van der Waals surface area contributed by atoms with Crippen LogP contribution in [-0.2, 0) is 12.6 Å². The molecule has 0 radical (unpaired) electrons. The molecule has 0 saturated carbocycles. The zero-order chi connectivity index (χ0) is 11.8. The number of aliphatic hydroxyl groups is 1. The van der Waals surface area contributed by atoms with Crippen LogP contribution < -0.4 is 5.32 Å². The van der Waals surface area contributed by atoms with E-state index in [-0.39, 0.29) is 12.0 Å². The topological polar surface area (TPSA) is 60.9 Å². The van der Waals surface area contributed by atoms with Gasteiger partial charge >= 0.3 is 6.18 Å². The Morgan fingerprint density at radius 2 is 2.25 bits per heavy atom. The number of hydrogen-bond acceptors (Lipinski definition) is 3. The number of aromatic amines is 1. The van der Waals surface area contributed by atoms with E-state index in [0.717, 1.165) is 6.20 Å². The van der Waals surface area contributed by atoms with Gasteiger partial charge in [0.05, 0.1) is 11.8 Å². The van der Waals surface area contributed by atoms with Crippen molar-refractivity contribution in [2.24, 2.45) is 0 Å². The van der Waals surface area contributed by atoms with Crippen LogP contribution in [0, 0.1) is 0 Å². The molecule has 0 aromatic carbocycles. The van der Waals surface area contributed by atoms with E-state index in [1.165, 1.54) is 0 Å². The van der Waals surface area contributed by atoms with Crippen molar-refractivity contribution in [3.05, 3.63) is 17.5 Å². The molecule has 0 spiro atoms. The van der Waals surface area contributed by atoms with E-state index in [4.69, 9.17) is 0 Å². The van der Waals surface area contributed by atoms with Crippen LogP contribution in [0.15, 0.2) is 6.20 Å². The highest BCUT2D eigenvalue weighted by Gasteiger charge is 2.39. The second-order valence-corrected chi connectivity index (χ2v) is 4.10. The Kier molecular flexibility index (Phi) is 2.67. The minimum Gasteiger partial charge on any atom is -0.388 e. The first-order valence-corrected chi connectivity index (χ1v) is 4.93. The number of alkyl halides is 3. The van der Waals surface area contributed by atoms with Gasteiger partial charge in [-0.15, -0.1) is 0 Å². The summed E-state index contributed by atoms with van der Waals surface area (Å²) in [6, 6.07) is 0. The number of hydrogen-bond donors (Lipinski definition) is 3. The van der Waals surface area contributed by atoms with Gasteiger partial charge in [0.2, 0.25) is 0 Å². The lowest BCUT2D eigenvalue weighted by atomic mass is 9.94. The molecule has 3 N–H and O–H groups in total. The van der Waals surface area contributed by atoms with E-state index in [0.29, 0.717) is 19.5 Å². The molecule has 1 aromatic heterocycles. The molecule has 0 bridgehead atoms. The average Bonchev–Trinajstić information content (AvgIpc) is 2.73. The predicted molar refractivity (Wildman–Crippen MR) is 49.7 cm³/mol. The third-order valence-corrected chi connectivity index (χ3v) is 2.74. The number of rotatable bonds is 2. The highest BCUT2D eigenvalue weighted by atomic mass is 19.4. The van der Waals surface area contributed by atoms with Gasteiger partial charge in [0, 0.05) is 18.5 Å². The van der Waals surface area contributed by atoms with E-state index in [9.17, 15) is 18.3 Å². The number of nitrogens with zero attached hydrogens (tertiary/aromatic N) is 1. The maximum absolute atomic E-state index is 12.5. The number of H-pyrrole nitrogens is 1. The van der Waals surface area contributed by atoms with Gasteiger partial charge in [0.15, 0.2) is 0 Å². The molecule has 90 valence electrons. The lowest BCUT2D eigenvalue weighted by Crippen LogP contribution is -2.34. The molecule has 7 heteroatoms. The summed E-state index contributed by atoms with van der Waals surface area (Å²) in [4.78, 5) is 0. The second kappa shape index (κ2) is 3.74. The van der Waals surface area contributed by atoms with Gasteiger partial charge in [-0.3, -0.25) is 5.10 Å². The molecule has 1 aromatic rings. The summed E-state index contributed by atoms with van der Waals surface area (Å²) in [5.41, 5.74) is -1.95. The molecule has 4 nitrogen and oxygen atoms in total. The quantitative estimate of drug-likeness (QED) is 0.707. The fourth-order valence-electron chi connectivity index (χ4n) is 1.93. The Bertz CT molecular complexity index is 368. The van der Waals surface area contributed by atoms with Crippen molar-refractivity contribution in [3.8, 4) is 0 Å². The highest BCUT2D eigenvalue weighted by Crippen LogP contribution is 2.32. The van der Waals surface area contributed by atoms with Crippen LogP contribution in [0.3, 0.4) is 0 Å². The van der Waals surface area contributed by atoms with Gasteiger partial charge in [-0.1, -0.05) is 0 Å². The molecule has 0 aliphatic carbocycles. The van der Waals surface area contributed by atoms with E-state index in [1.54, 1.807) is 0 Å². The van der Waals surface area contributed by atoms with E-state index in [2.05, 4.69) is 10.4 Å². The first-order chi connectivity index (χ1) is 7.41. The molecule has 1 saturated heterocycles. The Hall–Kier alpha value is -1.08. The zero-order valence-corrected chi connectivity index (χ0v) is 8.43. The molecule has 2 heterocycles. The van der Waals surface area contributed by atoms with E-state index in [1.807, 2.05) is 5.10 Å². The third kappa shape index (κ3) is 2.19. The lowest BCUT2D eigenvalue weighted by molar-refractivity contribution is -0.142. The lowest BCUT2D eigenvalue weighted by Gasteiger charge is -2.21. The number of nitrogens with one attached hydrogen (secondary N) is 2. The number of halogens is 3. The minimum atomic E-state index is -4.45. The summed E-state index contributed by atoms with van der Waals surface area (Å²) in [5.74, 6) is 0. The van der Waals surface area contributed by atoms with Crippen LogP contribution >= 0.6 is 0 Å². The Morgan fingerprint density at radius 1 is 1.50 bits per heavy atom. The number of β-amino-alcohol motifs (C(OH)–C–C–N with tert-alkyl or cyclic N) is 1. The Balaban J connectivity index is 2.19. The monoisotopic (exact) mass is 235 g/mol. The SMILES string of the molecule is OC1(Cc2cn[nH]c2C(F)(F)F)CCNC1. The maximum Gasteiger partial charge on any atom is 0.433 e. The van der Waals surface area contributed by atoms with Crippen molar-refractivity contribution in [3.63, 3.8) is 0 Å². The Morgan fingerprint density at radius 3 is 2.81 bits per heavy atom. The van der Waals surface area contributed by atoms with Crippen molar-refractivity contribution in [2.45, 2.75) is 24.6 Å². The molecule has 1 unspecified atom stereocenters. The molecule has 1 aliphatic heterocycles. The van der Waals surface area contributed by atoms with Crippen molar-refractivity contribution in [1.29, 1.82) is 0 Å². The third-order valence-electron chi connectivity index (χ3n) is 2.74. The van der Waals surface area contributed by atoms with Gasteiger partial charge < -0.3 is 10.4 Å². The second-order valence-electron chi connectivity index (χ2n) is 4.10. The fraction of sp³-hybridized carbons (Fsp3) is 0.667. The van der Waals surface area contributed by atoms with Gasteiger partial charge in [0.25, 0.3) is 0 Å². The first-order valence-electron chi connectivity index (χ1n) is 4.93. The predicted octanol–water partition coefficient (Wildman–Crippen LogP) is 0.695. The summed E-state index contributed by atoms with van der Waals surface area (Å²) in [6.45, 7) is 0.936. The Labute approximate surface area is 89.9 Å². The van der Waals surface area contributed by atoms with Crippen LogP contribution in [0.25, 0.3) is 0 Å². The molecule has 1 atom stereocenters. The summed E-state index contributed by atoms with van der Waals surface area (Å²) < 4.78 is 37.5. The largest absolute Gasteiger partial charge is 0.433 e. The van der Waals surface area contributed by atoms with Gasteiger partial charge in [0.1, 0.15) is 5.69 Å². The summed E-state index contributed by atoms with van der Waals surface area (Å²) in [5, 5.41) is 18.2. The first kappa shape index (κ1) is 11.4. The van der Waals surface area contributed by atoms with Gasteiger partial charge in [-0.2, -0.15) is 18.3 Å². The van der Waals surface area contributed by atoms with Crippen molar-refractivity contribution in [1.82, 2.24) is 15.5 Å². The summed E-state index contributed by atoms with van der Waals surface area (Å²) in [6.07, 6.45) is -2.91. The molecule has 1 aliphatic rings. The molecular formula is C9H12F3N3O. The van der Waals surface area contributed by atoms with Crippen LogP contribution in [0.2, 0.25) is 0 Å². The minimum absolute atomic E-state index is 0.0127. The normalized spacial score (nSPS) is 26.2. The van der Waals surface area contributed by atoms with Crippen molar-refractivity contribution < 1.29 is 18.3 Å². The molecule has 1 fully saturated rings. The standard InChI is InChI=1S/C9H12F3N3O/c10-9(11,12)7-6(4-14-15-7)3-8(16)1-2-13-5-8/h4,13,16H,1-3,5H2,(H,14,15). The molecular weight excluding hydrogens is 223 g/mol. The average molecular weight is 235 g/mol. The smallest absolute Gasteiger partial charge is 0.388 e. The van der Waals surface area contributed by atoms with Gasteiger partial charge in [-0.25, -0.2) is 0 Å². The summed E-state index contributed by atoms with van der Waals surface area (Å²) >= 11 is 0. The fourth-order valence-corrected chi connectivity index (χ4v) is 1.93. The van der Waals surface area contributed by atoms with E-state index < -0.39 is 17.5 Å². The van der Waals surface area contributed by atoms with Crippen LogP contribution in [0.5, 0.6) is 0 Å². The molecule has 2 rings (SSSR count). The van der Waals surface area contributed by atoms with Crippen LogP contribution in [-0.4, -0.2) is 34.0 Å². The van der Waals surface area contributed by atoms with Gasteiger partial charge in [-0.05, 0) is 13.0 Å².